The van der Waals surface area contributed by atoms with Crippen molar-refractivity contribution in [3.05, 3.63) is 17.2 Å². The first-order valence-corrected chi connectivity index (χ1v) is 8.37. The summed E-state index contributed by atoms with van der Waals surface area (Å²) in [7, 11) is 1.90. The van der Waals surface area contributed by atoms with E-state index in [4.69, 9.17) is 4.98 Å². The number of nitrogens with zero attached hydrogens (tertiary/aromatic N) is 4. The number of anilines is 1. The van der Waals surface area contributed by atoms with Crippen LogP contribution in [-0.4, -0.2) is 26.4 Å². The minimum Gasteiger partial charge on any atom is -0.373 e. The highest BCUT2D eigenvalue weighted by atomic mass is 32.2. The summed E-state index contributed by atoms with van der Waals surface area (Å²) in [5, 5.41) is 4.15. The van der Waals surface area contributed by atoms with E-state index >= 15 is 0 Å². The molecule has 0 unspecified atom stereocenters. The minimum atomic E-state index is 0.544. The van der Waals surface area contributed by atoms with Crippen molar-refractivity contribution in [2.24, 2.45) is 0 Å². The molecular weight excluding hydrogens is 290 g/mol. The number of nitrogens with one attached hydrogen (secondary N) is 1. The summed E-state index contributed by atoms with van der Waals surface area (Å²) in [6.07, 6.45) is 3.28. The lowest BCUT2D eigenvalue weighted by Crippen LogP contribution is -2.04. The normalized spacial score (nSPS) is 14.6. The highest BCUT2D eigenvalue weighted by Gasteiger charge is 2.28. The molecule has 106 valence electrons. The summed E-state index contributed by atoms with van der Waals surface area (Å²) < 4.78 is 5.28. The van der Waals surface area contributed by atoms with Gasteiger partial charge in [-0.05, 0) is 43.1 Å². The molecule has 2 heterocycles. The van der Waals surface area contributed by atoms with Crippen molar-refractivity contribution in [2.75, 3.05) is 12.4 Å². The van der Waals surface area contributed by atoms with Gasteiger partial charge < -0.3 is 5.32 Å². The lowest BCUT2D eigenvalue weighted by molar-refractivity contribution is 0.864. The maximum Gasteiger partial charge on any atom is 0.176 e. The molecular formula is C13H17N5S2. The Morgan fingerprint density at radius 3 is 2.70 bits per heavy atom. The fourth-order valence-corrected chi connectivity index (χ4v) is 3.59. The minimum absolute atomic E-state index is 0.544. The summed E-state index contributed by atoms with van der Waals surface area (Å²) in [5.74, 6) is 3.33. The predicted molar refractivity (Wildman–Crippen MR) is 81.7 cm³/mol. The third-order valence-electron chi connectivity index (χ3n) is 3.25. The molecule has 1 aliphatic carbocycles. The van der Waals surface area contributed by atoms with Crippen molar-refractivity contribution in [2.45, 2.75) is 48.4 Å². The molecule has 0 radical (unpaired) electrons. The smallest absolute Gasteiger partial charge is 0.176 e. The van der Waals surface area contributed by atoms with Gasteiger partial charge in [0.15, 0.2) is 4.34 Å². The third kappa shape index (κ3) is 2.78. The van der Waals surface area contributed by atoms with Gasteiger partial charge in [0.1, 0.15) is 22.5 Å². The van der Waals surface area contributed by atoms with Gasteiger partial charge in [-0.15, -0.1) is 0 Å². The van der Waals surface area contributed by atoms with Crippen molar-refractivity contribution in [1.29, 1.82) is 0 Å². The van der Waals surface area contributed by atoms with E-state index in [9.17, 15) is 0 Å². The quantitative estimate of drug-likeness (QED) is 0.855. The Morgan fingerprint density at radius 2 is 2.10 bits per heavy atom. The Bertz CT molecular complexity index is 621. The monoisotopic (exact) mass is 307 g/mol. The average molecular weight is 307 g/mol. The van der Waals surface area contributed by atoms with E-state index in [1.54, 1.807) is 11.8 Å². The second-order valence-electron chi connectivity index (χ2n) is 4.82. The molecule has 20 heavy (non-hydrogen) atoms. The predicted octanol–water partition coefficient (Wildman–Crippen LogP) is 3.27. The maximum absolute atomic E-state index is 4.72. The number of hydrogen-bond donors (Lipinski definition) is 1. The first kappa shape index (κ1) is 13.8. The van der Waals surface area contributed by atoms with Crippen LogP contribution in [0.15, 0.2) is 9.37 Å². The van der Waals surface area contributed by atoms with E-state index in [-0.39, 0.29) is 0 Å². The largest absolute Gasteiger partial charge is 0.373 e. The average Bonchev–Trinajstić information content (AvgIpc) is 3.21. The van der Waals surface area contributed by atoms with Crippen molar-refractivity contribution in [3.63, 3.8) is 0 Å². The van der Waals surface area contributed by atoms with Gasteiger partial charge in [-0.2, -0.15) is 4.37 Å². The van der Waals surface area contributed by atoms with Gasteiger partial charge in [0.05, 0.1) is 0 Å². The SMILES string of the molecule is CCc1nsc(Sc2nc(C3CC3)nc(NC)c2C)n1. The molecule has 0 saturated heterocycles. The van der Waals surface area contributed by atoms with Crippen LogP contribution in [0.2, 0.25) is 0 Å². The molecule has 1 aliphatic rings. The zero-order valence-electron chi connectivity index (χ0n) is 11.8. The van der Waals surface area contributed by atoms with Crippen LogP contribution in [0, 0.1) is 6.92 Å². The molecule has 2 aromatic heterocycles. The zero-order valence-corrected chi connectivity index (χ0v) is 13.4. The lowest BCUT2D eigenvalue weighted by atomic mass is 10.3. The molecule has 0 spiro atoms. The van der Waals surface area contributed by atoms with Crippen LogP contribution in [0.1, 0.15) is 42.9 Å². The second kappa shape index (κ2) is 5.65. The summed E-state index contributed by atoms with van der Waals surface area (Å²) in [4.78, 5) is 13.8. The molecule has 1 N–H and O–H groups in total. The van der Waals surface area contributed by atoms with E-state index < -0.39 is 0 Å². The second-order valence-corrected chi connectivity index (χ2v) is 6.80. The Hall–Kier alpha value is -1.21. The van der Waals surface area contributed by atoms with Gasteiger partial charge in [0.25, 0.3) is 0 Å². The summed E-state index contributed by atoms with van der Waals surface area (Å²) in [5.41, 5.74) is 1.08. The molecule has 3 rings (SSSR count). The zero-order chi connectivity index (χ0) is 14.1. The standard InChI is InChI=1S/C13H17N5S2/c1-4-9-15-13(20-18-9)19-12-7(2)10(14-3)16-11(17-12)8-5-6-8/h8H,4-6H2,1-3H3,(H,14,16,17). The van der Waals surface area contributed by atoms with Gasteiger partial charge in [-0.1, -0.05) is 6.92 Å². The Labute approximate surface area is 126 Å². The third-order valence-corrected chi connectivity index (χ3v) is 5.13. The van der Waals surface area contributed by atoms with Crippen LogP contribution in [0.3, 0.4) is 0 Å². The molecule has 0 amide bonds. The lowest BCUT2D eigenvalue weighted by Gasteiger charge is -2.10. The van der Waals surface area contributed by atoms with E-state index in [0.717, 1.165) is 38.8 Å². The van der Waals surface area contributed by atoms with Crippen LogP contribution in [0.4, 0.5) is 5.82 Å². The maximum atomic E-state index is 4.72. The molecule has 0 aromatic carbocycles. The van der Waals surface area contributed by atoms with Gasteiger partial charge >= 0.3 is 0 Å². The number of aromatic nitrogens is 4. The van der Waals surface area contributed by atoms with Crippen molar-refractivity contribution in [3.8, 4) is 0 Å². The molecule has 0 bridgehead atoms. The molecule has 0 atom stereocenters. The number of aryl methyl sites for hydroxylation is 1. The summed E-state index contributed by atoms with van der Waals surface area (Å²) in [6.45, 7) is 4.11. The molecule has 2 aromatic rings. The summed E-state index contributed by atoms with van der Waals surface area (Å²) >= 11 is 3.04. The van der Waals surface area contributed by atoms with Crippen molar-refractivity contribution in [1.82, 2.24) is 19.3 Å². The highest BCUT2D eigenvalue weighted by Crippen LogP contribution is 2.41. The number of rotatable bonds is 5. The van der Waals surface area contributed by atoms with Crippen LogP contribution < -0.4 is 5.32 Å². The fraction of sp³-hybridized carbons (Fsp3) is 0.538. The Kier molecular flexibility index (Phi) is 3.89. The molecule has 1 saturated carbocycles. The van der Waals surface area contributed by atoms with E-state index in [2.05, 4.69) is 26.6 Å². The van der Waals surface area contributed by atoms with Crippen molar-refractivity contribution < 1.29 is 0 Å². The first-order valence-electron chi connectivity index (χ1n) is 6.78. The van der Waals surface area contributed by atoms with Crippen LogP contribution in [0.25, 0.3) is 0 Å². The van der Waals surface area contributed by atoms with Gasteiger partial charge in [0.2, 0.25) is 0 Å². The summed E-state index contributed by atoms with van der Waals surface area (Å²) in [6, 6.07) is 0. The molecule has 7 heteroatoms. The van der Waals surface area contributed by atoms with E-state index in [0.29, 0.717) is 5.92 Å². The van der Waals surface area contributed by atoms with Crippen LogP contribution in [-0.2, 0) is 6.42 Å². The van der Waals surface area contributed by atoms with Crippen molar-refractivity contribution >= 4 is 29.1 Å². The number of hydrogen-bond acceptors (Lipinski definition) is 7. The fourth-order valence-electron chi connectivity index (χ4n) is 1.89. The van der Waals surface area contributed by atoms with Gasteiger partial charge in [-0.3, -0.25) is 0 Å². The van der Waals surface area contributed by atoms with Gasteiger partial charge in [0, 0.05) is 24.9 Å². The topological polar surface area (TPSA) is 63.6 Å². The Balaban J connectivity index is 1.92. The van der Waals surface area contributed by atoms with E-state index in [1.165, 1.54) is 24.4 Å². The Morgan fingerprint density at radius 1 is 1.30 bits per heavy atom. The van der Waals surface area contributed by atoms with Gasteiger partial charge in [-0.25, -0.2) is 15.0 Å². The molecule has 0 aliphatic heterocycles. The first-order chi connectivity index (χ1) is 9.71. The molecule has 5 nitrogen and oxygen atoms in total. The van der Waals surface area contributed by atoms with Crippen LogP contribution in [0.5, 0.6) is 0 Å². The highest BCUT2D eigenvalue weighted by molar-refractivity contribution is 8.00. The van der Waals surface area contributed by atoms with Crippen LogP contribution >= 0.6 is 23.3 Å². The van der Waals surface area contributed by atoms with E-state index in [1.807, 2.05) is 14.0 Å². The molecule has 1 fully saturated rings.